The molecule has 1 atom stereocenters. The lowest BCUT2D eigenvalue weighted by Gasteiger charge is -2.21. The van der Waals surface area contributed by atoms with Crippen molar-refractivity contribution in [2.24, 2.45) is 0 Å². The number of hydrogen-bond acceptors (Lipinski definition) is 2. The molecule has 0 heterocycles. The summed E-state index contributed by atoms with van der Waals surface area (Å²) < 4.78 is 6.14. The number of alkyl halides is 1. The van der Waals surface area contributed by atoms with E-state index in [4.69, 9.17) is 4.74 Å². The molecule has 0 spiro atoms. The van der Waals surface area contributed by atoms with E-state index in [1.807, 2.05) is 27.7 Å². The average molecular weight is 299 g/mol. The van der Waals surface area contributed by atoms with Crippen LogP contribution < -0.4 is 5.32 Å². The zero-order valence-electron chi connectivity index (χ0n) is 8.69. The van der Waals surface area contributed by atoms with Gasteiger partial charge in [-0.3, -0.25) is 0 Å². The van der Waals surface area contributed by atoms with Gasteiger partial charge in [0.05, 0.1) is 0 Å². The van der Waals surface area contributed by atoms with Crippen LogP contribution in [0.2, 0.25) is 0 Å². The van der Waals surface area contributed by atoms with Crippen molar-refractivity contribution in [1.29, 1.82) is 0 Å². The molecule has 13 heavy (non-hydrogen) atoms. The minimum Gasteiger partial charge on any atom is -0.444 e. The summed E-state index contributed by atoms with van der Waals surface area (Å²) in [6, 6.07) is 0.187. The van der Waals surface area contributed by atoms with Crippen molar-refractivity contribution < 1.29 is 9.53 Å². The fraction of sp³-hybridized carbons (Fsp3) is 0.889. The van der Waals surface area contributed by atoms with E-state index in [2.05, 4.69) is 27.9 Å². The van der Waals surface area contributed by atoms with E-state index in [1.54, 1.807) is 0 Å². The van der Waals surface area contributed by atoms with Gasteiger partial charge in [0, 0.05) is 10.5 Å². The molecule has 4 heteroatoms. The number of nitrogens with one attached hydrogen (secondary N) is 1. The fourth-order valence-corrected chi connectivity index (χ4v) is 1.68. The number of alkyl carbamates (subject to hydrolysis) is 1. The molecule has 1 N–H and O–H groups in total. The Hall–Kier alpha value is 0. The maximum absolute atomic E-state index is 11.2. The summed E-state index contributed by atoms with van der Waals surface area (Å²) in [6.07, 6.45) is 0.643. The first-order valence-corrected chi connectivity index (χ1v) is 5.93. The molecule has 0 aliphatic heterocycles. The van der Waals surface area contributed by atoms with E-state index < -0.39 is 5.60 Å². The molecular weight excluding hydrogens is 281 g/mol. The summed E-state index contributed by atoms with van der Waals surface area (Å²) in [5, 5.41) is 2.77. The van der Waals surface area contributed by atoms with Crippen LogP contribution in [0.1, 0.15) is 34.1 Å². The Kier molecular flexibility index (Phi) is 5.67. The second kappa shape index (κ2) is 5.67. The van der Waals surface area contributed by atoms with E-state index in [9.17, 15) is 4.79 Å². The maximum Gasteiger partial charge on any atom is 0.407 e. The predicted molar refractivity (Wildman–Crippen MR) is 62.3 cm³/mol. The molecule has 0 unspecified atom stereocenters. The van der Waals surface area contributed by atoms with Crippen molar-refractivity contribution in [3.05, 3.63) is 0 Å². The van der Waals surface area contributed by atoms with Crippen LogP contribution in [0.5, 0.6) is 0 Å². The number of amides is 1. The third kappa shape index (κ3) is 8.33. The van der Waals surface area contributed by atoms with Crippen molar-refractivity contribution in [2.75, 3.05) is 4.43 Å². The highest BCUT2D eigenvalue weighted by atomic mass is 127. The second-order valence-electron chi connectivity index (χ2n) is 4.02. The normalized spacial score (nSPS) is 13.6. The number of rotatable bonds is 3. The van der Waals surface area contributed by atoms with E-state index in [0.717, 1.165) is 10.8 Å². The first kappa shape index (κ1) is 13.0. The van der Waals surface area contributed by atoms with E-state index in [0.29, 0.717) is 0 Å². The van der Waals surface area contributed by atoms with Crippen LogP contribution in [0.15, 0.2) is 0 Å². The van der Waals surface area contributed by atoms with Crippen molar-refractivity contribution in [3.8, 4) is 0 Å². The SMILES string of the molecule is C[C@H](CCI)NC(=O)OC(C)(C)C. The summed E-state index contributed by atoms with van der Waals surface area (Å²) in [7, 11) is 0. The van der Waals surface area contributed by atoms with Crippen LogP contribution in [-0.2, 0) is 4.74 Å². The van der Waals surface area contributed by atoms with Gasteiger partial charge in [-0.2, -0.15) is 0 Å². The lowest BCUT2D eigenvalue weighted by atomic mass is 10.2. The Balaban J connectivity index is 3.74. The number of ether oxygens (including phenoxy) is 1. The Bertz CT molecular complexity index is 165. The van der Waals surface area contributed by atoms with Gasteiger partial charge in [-0.15, -0.1) is 0 Å². The second-order valence-corrected chi connectivity index (χ2v) is 5.10. The molecule has 0 fully saturated rings. The van der Waals surface area contributed by atoms with E-state index >= 15 is 0 Å². The Morgan fingerprint density at radius 2 is 2.08 bits per heavy atom. The van der Waals surface area contributed by atoms with Gasteiger partial charge >= 0.3 is 6.09 Å². The van der Waals surface area contributed by atoms with Gasteiger partial charge in [-0.05, 0) is 34.1 Å². The summed E-state index contributed by atoms with van der Waals surface area (Å²) >= 11 is 2.29. The van der Waals surface area contributed by atoms with Gasteiger partial charge in [0.2, 0.25) is 0 Å². The topological polar surface area (TPSA) is 38.3 Å². The van der Waals surface area contributed by atoms with Gasteiger partial charge in [-0.1, -0.05) is 22.6 Å². The quantitative estimate of drug-likeness (QED) is 0.643. The molecule has 0 aromatic carbocycles. The Labute approximate surface area is 93.7 Å². The molecule has 0 aromatic heterocycles. The largest absolute Gasteiger partial charge is 0.444 e. The molecule has 78 valence electrons. The zero-order valence-corrected chi connectivity index (χ0v) is 10.8. The monoisotopic (exact) mass is 299 g/mol. The molecule has 0 aliphatic rings. The molecule has 0 bridgehead atoms. The summed E-state index contributed by atoms with van der Waals surface area (Å²) in [5.41, 5.74) is -0.409. The van der Waals surface area contributed by atoms with Crippen molar-refractivity contribution >= 4 is 28.7 Å². The van der Waals surface area contributed by atoms with Crippen molar-refractivity contribution in [2.45, 2.75) is 45.8 Å². The van der Waals surface area contributed by atoms with E-state index in [1.165, 1.54) is 0 Å². The molecular formula is C9H18INO2. The molecule has 0 aliphatic carbocycles. The lowest BCUT2D eigenvalue weighted by Crippen LogP contribution is -2.37. The first-order chi connectivity index (χ1) is 5.85. The highest BCUT2D eigenvalue weighted by Crippen LogP contribution is 2.07. The molecule has 1 amide bonds. The minimum atomic E-state index is -0.409. The van der Waals surface area contributed by atoms with Crippen LogP contribution in [0.25, 0.3) is 0 Å². The molecule has 0 saturated heterocycles. The van der Waals surface area contributed by atoms with Gasteiger partial charge in [-0.25, -0.2) is 4.79 Å². The average Bonchev–Trinajstić information content (AvgIpc) is 1.81. The van der Waals surface area contributed by atoms with E-state index in [-0.39, 0.29) is 12.1 Å². The summed E-state index contributed by atoms with van der Waals surface area (Å²) in [6.45, 7) is 7.54. The first-order valence-electron chi connectivity index (χ1n) is 4.40. The summed E-state index contributed by atoms with van der Waals surface area (Å²) in [5.74, 6) is 0. The predicted octanol–water partition coefficient (Wildman–Crippen LogP) is 2.72. The fourth-order valence-electron chi connectivity index (χ4n) is 0.745. The minimum absolute atomic E-state index is 0.187. The smallest absolute Gasteiger partial charge is 0.407 e. The van der Waals surface area contributed by atoms with Gasteiger partial charge in [0.15, 0.2) is 0 Å². The maximum atomic E-state index is 11.2. The number of hydrogen-bond donors (Lipinski definition) is 1. The van der Waals surface area contributed by atoms with Gasteiger partial charge in [0.1, 0.15) is 5.60 Å². The Morgan fingerprint density at radius 1 is 1.54 bits per heavy atom. The molecule has 3 nitrogen and oxygen atoms in total. The number of carbonyl (C=O) groups excluding carboxylic acids is 1. The van der Waals surface area contributed by atoms with Crippen molar-refractivity contribution in [1.82, 2.24) is 5.32 Å². The zero-order chi connectivity index (χ0) is 10.5. The Morgan fingerprint density at radius 3 is 2.46 bits per heavy atom. The van der Waals surface area contributed by atoms with Crippen LogP contribution in [-0.4, -0.2) is 22.2 Å². The highest BCUT2D eigenvalue weighted by molar-refractivity contribution is 14.1. The molecule has 0 rings (SSSR count). The van der Waals surface area contributed by atoms with Gasteiger partial charge < -0.3 is 10.1 Å². The van der Waals surface area contributed by atoms with Crippen LogP contribution in [0.4, 0.5) is 4.79 Å². The summed E-state index contributed by atoms with van der Waals surface area (Å²) in [4.78, 5) is 11.2. The molecule has 0 aromatic rings. The van der Waals surface area contributed by atoms with Crippen molar-refractivity contribution in [3.63, 3.8) is 0 Å². The molecule has 0 radical (unpaired) electrons. The van der Waals surface area contributed by atoms with Crippen LogP contribution >= 0.6 is 22.6 Å². The molecule has 0 saturated carbocycles. The lowest BCUT2D eigenvalue weighted by molar-refractivity contribution is 0.0508. The van der Waals surface area contributed by atoms with Gasteiger partial charge in [0.25, 0.3) is 0 Å². The highest BCUT2D eigenvalue weighted by Gasteiger charge is 2.17. The third-order valence-corrected chi connectivity index (χ3v) is 1.93. The standard InChI is InChI=1S/C9H18INO2/c1-7(5-6-10)11-8(12)13-9(2,3)4/h7H,5-6H2,1-4H3,(H,11,12)/t7-/m1/s1. The third-order valence-electron chi connectivity index (χ3n) is 1.31. The number of halogens is 1. The number of carbonyl (C=O) groups is 1. The van der Waals surface area contributed by atoms with Crippen LogP contribution in [0.3, 0.4) is 0 Å². The van der Waals surface area contributed by atoms with Crippen LogP contribution in [0, 0.1) is 0 Å².